The summed E-state index contributed by atoms with van der Waals surface area (Å²) in [5, 5.41) is 25.5. The molecule has 4 aromatic rings. The van der Waals surface area contributed by atoms with E-state index >= 15 is 0 Å². The van der Waals surface area contributed by atoms with Gasteiger partial charge in [0.2, 0.25) is 10.6 Å². The standard InChI is InChI=1S/C26H22BrClN6O2S/c1-2-16-9-11-22(19-7-4-3-6-18(16)19)34-25(27)32-33-26(34)37-15-23(35)31-21-10-8-17(14-20(21)28)24(36)30-13-5-12-29/h3-4,6-11,14H,2,5,13,15H2,1H3,(H,30,36)(H,31,35). The summed E-state index contributed by atoms with van der Waals surface area (Å²) in [4.78, 5) is 24.9. The smallest absolute Gasteiger partial charge is 0.251 e. The summed E-state index contributed by atoms with van der Waals surface area (Å²) in [6.07, 6.45) is 1.14. The lowest BCUT2D eigenvalue weighted by molar-refractivity contribution is -0.113. The van der Waals surface area contributed by atoms with Gasteiger partial charge in [0.15, 0.2) is 5.16 Å². The predicted molar refractivity (Wildman–Crippen MR) is 149 cm³/mol. The van der Waals surface area contributed by atoms with Gasteiger partial charge in [0.25, 0.3) is 5.91 Å². The molecule has 0 aliphatic rings. The van der Waals surface area contributed by atoms with Gasteiger partial charge in [0.05, 0.1) is 34.6 Å². The molecule has 0 radical (unpaired) electrons. The molecule has 2 N–H and O–H groups in total. The monoisotopic (exact) mass is 596 g/mol. The molecular weight excluding hydrogens is 576 g/mol. The summed E-state index contributed by atoms with van der Waals surface area (Å²) >= 11 is 11.0. The highest BCUT2D eigenvalue weighted by Gasteiger charge is 2.18. The number of carbonyl (C=O) groups excluding carboxylic acids is 2. The van der Waals surface area contributed by atoms with Crippen LogP contribution in [0.25, 0.3) is 16.5 Å². The SMILES string of the molecule is CCc1ccc(-n2c(Br)nnc2SCC(=O)Nc2ccc(C(=O)NCCC#N)cc2Cl)c2ccccc12. The Labute approximate surface area is 231 Å². The van der Waals surface area contributed by atoms with Crippen LogP contribution in [0.1, 0.15) is 29.3 Å². The van der Waals surface area contributed by atoms with Crippen molar-refractivity contribution >= 4 is 67.6 Å². The Bertz CT molecular complexity index is 1520. The number of benzene rings is 3. The first-order valence-corrected chi connectivity index (χ1v) is 13.6. The van der Waals surface area contributed by atoms with Crippen LogP contribution >= 0.6 is 39.3 Å². The molecule has 0 spiro atoms. The van der Waals surface area contributed by atoms with E-state index in [0.717, 1.165) is 22.9 Å². The number of amides is 2. The number of hydrogen-bond donors (Lipinski definition) is 2. The number of thioether (sulfide) groups is 1. The van der Waals surface area contributed by atoms with Crippen LogP contribution in [0, 0.1) is 11.3 Å². The van der Waals surface area contributed by atoms with Gasteiger partial charge < -0.3 is 10.6 Å². The Kier molecular flexibility index (Phi) is 8.82. The molecule has 0 unspecified atom stereocenters. The highest BCUT2D eigenvalue weighted by atomic mass is 79.9. The average molecular weight is 598 g/mol. The Balaban J connectivity index is 1.47. The largest absolute Gasteiger partial charge is 0.351 e. The maximum Gasteiger partial charge on any atom is 0.251 e. The predicted octanol–water partition coefficient (Wildman–Crippen LogP) is 5.77. The lowest BCUT2D eigenvalue weighted by Crippen LogP contribution is -2.24. The first-order valence-electron chi connectivity index (χ1n) is 11.4. The molecule has 3 aromatic carbocycles. The second-order valence-electron chi connectivity index (χ2n) is 7.93. The van der Waals surface area contributed by atoms with E-state index in [9.17, 15) is 9.59 Å². The number of halogens is 2. The van der Waals surface area contributed by atoms with Gasteiger partial charge in [0, 0.05) is 17.5 Å². The lowest BCUT2D eigenvalue weighted by Gasteiger charge is -2.13. The maximum absolute atomic E-state index is 12.7. The second-order valence-corrected chi connectivity index (χ2v) is 9.98. The molecule has 4 rings (SSSR count). The molecule has 188 valence electrons. The third-order valence-corrected chi connectivity index (χ3v) is 7.32. The van der Waals surface area contributed by atoms with E-state index in [0.29, 0.717) is 21.1 Å². The number of aromatic nitrogens is 3. The van der Waals surface area contributed by atoms with Crippen LogP contribution in [0.15, 0.2) is 64.5 Å². The minimum Gasteiger partial charge on any atom is -0.351 e. The first-order chi connectivity index (χ1) is 17.9. The number of hydrogen-bond acceptors (Lipinski definition) is 6. The summed E-state index contributed by atoms with van der Waals surface area (Å²) in [7, 11) is 0. The van der Waals surface area contributed by atoms with Crippen LogP contribution < -0.4 is 10.6 Å². The van der Waals surface area contributed by atoms with Gasteiger partial charge in [0.1, 0.15) is 0 Å². The summed E-state index contributed by atoms with van der Waals surface area (Å²) in [6, 6.07) is 18.9. The number of carbonyl (C=O) groups is 2. The molecule has 0 aliphatic heterocycles. The molecular formula is C26H22BrClN6O2S. The van der Waals surface area contributed by atoms with Gasteiger partial charge in [-0.15, -0.1) is 10.2 Å². The molecule has 0 bridgehead atoms. The van der Waals surface area contributed by atoms with Crippen LogP contribution in [-0.4, -0.2) is 38.9 Å². The number of fused-ring (bicyclic) bond motifs is 1. The van der Waals surface area contributed by atoms with E-state index in [1.54, 1.807) is 12.1 Å². The van der Waals surface area contributed by atoms with Crippen molar-refractivity contribution in [1.29, 1.82) is 5.26 Å². The Morgan fingerprint density at radius 1 is 1.14 bits per heavy atom. The van der Waals surface area contributed by atoms with Crippen LogP contribution in [0.2, 0.25) is 5.02 Å². The van der Waals surface area contributed by atoms with Crippen molar-refractivity contribution in [3.05, 3.63) is 75.5 Å². The highest BCUT2D eigenvalue weighted by molar-refractivity contribution is 9.10. The van der Waals surface area contributed by atoms with Crippen molar-refractivity contribution in [3.8, 4) is 11.8 Å². The Morgan fingerprint density at radius 2 is 1.92 bits per heavy atom. The highest BCUT2D eigenvalue weighted by Crippen LogP contribution is 2.32. The Hall–Kier alpha value is -3.39. The van der Waals surface area contributed by atoms with Gasteiger partial charge in [-0.2, -0.15) is 5.26 Å². The fraction of sp³-hybridized carbons (Fsp3) is 0.192. The van der Waals surface area contributed by atoms with E-state index in [1.807, 2.05) is 28.8 Å². The zero-order chi connectivity index (χ0) is 26.4. The summed E-state index contributed by atoms with van der Waals surface area (Å²) < 4.78 is 2.42. The van der Waals surface area contributed by atoms with Gasteiger partial charge in [-0.3, -0.25) is 14.2 Å². The minimum absolute atomic E-state index is 0.0723. The third-order valence-electron chi connectivity index (χ3n) is 5.57. The number of anilines is 1. The molecule has 8 nitrogen and oxygen atoms in total. The summed E-state index contributed by atoms with van der Waals surface area (Å²) in [5.41, 5.74) is 2.90. The van der Waals surface area contributed by atoms with E-state index in [-0.39, 0.29) is 35.6 Å². The summed E-state index contributed by atoms with van der Waals surface area (Å²) in [6.45, 7) is 2.38. The summed E-state index contributed by atoms with van der Waals surface area (Å²) in [5.74, 6) is -0.548. The van der Waals surface area contributed by atoms with Gasteiger partial charge >= 0.3 is 0 Å². The van der Waals surface area contributed by atoms with Crippen molar-refractivity contribution in [1.82, 2.24) is 20.1 Å². The third kappa shape index (κ3) is 6.13. The van der Waals surface area contributed by atoms with E-state index in [4.69, 9.17) is 16.9 Å². The van der Waals surface area contributed by atoms with Crippen molar-refractivity contribution in [2.75, 3.05) is 17.6 Å². The van der Waals surface area contributed by atoms with Gasteiger partial charge in [-0.25, -0.2) is 0 Å². The van der Waals surface area contributed by atoms with Crippen LogP contribution in [0.4, 0.5) is 5.69 Å². The van der Waals surface area contributed by atoms with Crippen LogP contribution in [-0.2, 0) is 11.2 Å². The van der Waals surface area contributed by atoms with Crippen molar-refractivity contribution < 1.29 is 9.59 Å². The molecule has 0 fully saturated rings. The number of aryl methyl sites for hydroxylation is 1. The molecule has 1 aromatic heterocycles. The number of nitrogens with one attached hydrogen (secondary N) is 2. The quantitative estimate of drug-likeness (QED) is 0.187. The number of rotatable bonds is 9. The second kappa shape index (κ2) is 12.2. The van der Waals surface area contributed by atoms with E-state index in [1.165, 1.54) is 23.4 Å². The number of nitriles is 1. The van der Waals surface area contributed by atoms with Crippen molar-refractivity contribution in [3.63, 3.8) is 0 Å². The van der Waals surface area contributed by atoms with Crippen molar-refractivity contribution in [2.24, 2.45) is 0 Å². The fourth-order valence-corrected chi connectivity index (χ4v) is 5.33. The zero-order valence-electron chi connectivity index (χ0n) is 19.8. The molecule has 0 atom stereocenters. The first kappa shape index (κ1) is 26.7. The van der Waals surface area contributed by atoms with E-state index < -0.39 is 0 Å². The molecule has 0 saturated heterocycles. The Morgan fingerprint density at radius 3 is 2.65 bits per heavy atom. The topological polar surface area (TPSA) is 113 Å². The van der Waals surface area contributed by atoms with E-state index in [2.05, 4.69) is 61.9 Å². The zero-order valence-corrected chi connectivity index (χ0v) is 23.0. The number of nitrogens with zero attached hydrogens (tertiary/aromatic N) is 4. The molecule has 1 heterocycles. The average Bonchev–Trinajstić information content (AvgIpc) is 3.27. The molecule has 2 amide bonds. The van der Waals surface area contributed by atoms with Gasteiger partial charge in [-0.1, -0.05) is 60.6 Å². The molecule has 37 heavy (non-hydrogen) atoms. The molecule has 0 aliphatic carbocycles. The van der Waals surface area contributed by atoms with Crippen LogP contribution in [0.5, 0.6) is 0 Å². The maximum atomic E-state index is 12.7. The van der Waals surface area contributed by atoms with Crippen molar-refractivity contribution in [2.45, 2.75) is 24.9 Å². The fourth-order valence-electron chi connectivity index (χ4n) is 3.81. The normalized spacial score (nSPS) is 10.8. The van der Waals surface area contributed by atoms with Gasteiger partial charge in [-0.05, 0) is 57.6 Å². The van der Waals surface area contributed by atoms with Crippen LogP contribution in [0.3, 0.4) is 0 Å². The minimum atomic E-state index is -0.338. The molecule has 0 saturated carbocycles. The molecule has 11 heteroatoms. The lowest BCUT2D eigenvalue weighted by atomic mass is 10.0.